The van der Waals surface area contributed by atoms with Gasteiger partial charge in [0.05, 0.1) is 0 Å². The van der Waals surface area contributed by atoms with E-state index in [4.69, 9.17) is 4.74 Å². The predicted octanol–water partition coefficient (Wildman–Crippen LogP) is 4.29. The van der Waals surface area contributed by atoms with E-state index in [9.17, 15) is 0 Å². The van der Waals surface area contributed by atoms with E-state index in [0.717, 1.165) is 25.6 Å². The first-order valence-corrected chi connectivity index (χ1v) is 8.09. The van der Waals surface area contributed by atoms with E-state index < -0.39 is 0 Å². The summed E-state index contributed by atoms with van der Waals surface area (Å²) in [5, 5.41) is 0. The van der Waals surface area contributed by atoms with Gasteiger partial charge in [-0.25, -0.2) is 0 Å². The maximum Gasteiger partial charge on any atom is 0.127 e. The molecule has 20 heavy (non-hydrogen) atoms. The molecule has 0 N–H and O–H groups in total. The van der Waals surface area contributed by atoms with Crippen molar-refractivity contribution in [2.45, 2.75) is 65.0 Å². The molecular weight excluding hydrogens is 246 g/mol. The van der Waals surface area contributed by atoms with Gasteiger partial charge in [0.15, 0.2) is 0 Å². The number of ether oxygens (including phenoxy) is 1. The summed E-state index contributed by atoms with van der Waals surface area (Å²) in [5.41, 5.74) is 4.36. The quantitative estimate of drug-likeness (QED) is 0.814. The second-order valence-corrected chi connectivity index (χ2v) is 6.94. The summed E-state index contributed by atoms with van der Waals surface area (Å²) in [5.74, 6) is 2.56. The number of hydrogen-bond acceptors (Lipinski definition) is 2. The van der Waals surface area contributed by atoms with Gasteiger partial charge in [-0.05, 0) is 49.7 Å². The minimum atomic E-state index is 0.580. The van der Waals surface area contributed by atoms with Crippen LogP contribution in [0.25, 0.3) is 0 Å². The number of hydrogen-bond donors (Lipinski definition) is 0. The van der Waals surface area contributed by atoms with E-state index in [1.165, 1.54) is 35.3 Å². The van der Waals surface area contributed by atoms with Crippen molar-refractivity contribution in [3.8, 4) is 5.75 Å². The molecule has 0 saturated heterocycles. The third kappa shape index (κ3) is 2.71. The third-order valence-corrected chi connectivity index (χ3v) is 4.63. The molecule has 1 aliphatic heterocycles. The van der Waals surface area contributed by atoms with Crippen LogP contribution in [-0.4, -0.2) is 24.1 Å². The molecule has 3 rings (SSSR count). The Balaban J connectivity index is 2.02. The molecule has 1 aliphatic carbocycles. The van der Waals surface area contributed by atoms with E-state index in [1.54, 1.807) is 0 Å². The molecule has 1 fully saturated rings. The van der Waals surface area contributed by atoms with Crippen molar-refractivity contribution in [1.82, 2.24) is 4.90 Å². The highest BCUT2D eigenvalue weighted by atomic mass is 16.5. The first-order chi connectivity index (χ1) is 9.56. The van der Waals surface area contributed by atoms with E-state index in [1.807, 2.05) is 0 Å². The van der Waals surface area contributed by atoms with Crippen LogP contribution in [0.4, 0.5) is 0 Å². The van der Waals surface area contributed by atoms with Crippen molar-refractivity contribution in [3.63, 3.8) is 0 Å². The topological polar surface area (TPSA) is 12.5 Å². The molecule has 2 aliphatic rings. The van der Waals surface area contributed by atoms with E-state index >= 15 is 0 Å². The summed E-state index contributed by atoms with van der Waals surface area (Å²) in [4.78, 5) is 2.52. The minimum absolute atomic E-state index is 0.580. The molecule has 110 valence electrons. The Labute approximate surface area is 123 Å². The molecule has 2 heteroatoms. The number of benzene rings is 1. The Morgan fingerprint density at radius 2 is 1.90 bits per heavy atom. The van der Waals surface area contributed by atoms with Gasteiger partial charge in [-0.15, -0.1) is 0 Å². The summed E-state index contributed by atoms with van der Waals surface area (Å²) >= 11 is 0. The molecular formula is C18H27NO. The SMILES string of the molecule is CC(C)c1cc2c(c(C3CC3)c1)OCCN(C(C)C)C2. The van der Waals surface area contributed by atoms with Crippen molar-refractivity contribution < 1.29 is 4.74 Å². The van der Waals surface area contributed by atoms with Gasteiger partial charge in [-0.2, -0.15) is 0 Å². The number of rotatable bonds is 3. The van der Waals surface area contributed by atoms with Crippen LogP contribution in [0.15, 0.2) is 12.1 Å². The van der Waals surface area contributed by atoms with Crippen molar-refractivity contribution in [3.05, 3.63) is 28.8 Å². The van der Waals surface area contributed by atoms with Crippen LogP contribution >= 0.6 is 0 Å². The zero-order valence-corrected chi connectivity index (χ0v) is 13.3. The van der Waals surface area contributed by atoms with Gasteiger partial charge in [0.2, 0.25) is 0 Å². The third-order valence-electron chi connectivity index (χ3n) is 4.63. The highest BCUT2D eigenvalue weighted by molar-refractivity contribution is 5.49. The second-order valence-electron chi connectivity index (χ2n) is 6.94. The molecule has 1 aromatic rings. The lowest BCUT2D eigenvalue weighted by atomic mass is 9.94. The standard InChI is InChI=1S/C18H27NO/c1-12(2)15-9-16-11-19(13(3)4)7-8-20-18(16)17(10-15)14-5-6-14/h9-10,12-14H,5-8,11H2,1-4H3. The first kappa shape index (κ1) is 13.9. The molecule has 0 spiro atoms. The average Bonchev–Trinajstić information content (AvgIpc) is 3.23. The molecule has 1 saturated carbocycles. The summed E-state index contributed by atoms with van der Waals surface area (Å²) in [7, 11) is 0. The van der Waals surface area contributed by atoms with Crippen molar-refractivity contribution in [1.29, 1.82) is 0 Å². The molecule has 0 atom stereocenters. The largest absolute Gasteiger partial charge is 0.492 e. The van der Waals surface area contributed by atoms with Gasteiger partial charge in [0.1, 0.15) is 12.4 Å². The zero-order valence-electron chi connectivity index (χ0n) is 13.3. The summed E-state index contributed by atoms with van der Waals surface area (Å²) in [6, 6.07) is 5.37. The molecule has 1 aromatic carbocycles. The second kappa shape index (κ2) is 5.40. The van der Waals surface area contributed by atoms with Gasteiger partial charge >= 0.3 is 0 Å². The summed E-state index contributed by atoms with van der Waals surface area (Å²) in [6.07, 6.45) is 2.68. The number of fused-ring (bicyclic) bond motifs is 1. The number of nitrogens with zero attached hydrogens (tertiary/aromatic N) is 1. The first-order valence-electron chi connectivity index (χ1n) is 8.09. The maximum atomic E-state index is 6.15. The Morgan fingerprint density at radius 3 is 2.50 bits per heavy atom. The van der Waals surface area contributed by atoms with Gasteiger partial charge in [0.25, 0.3) is 0 Å². The van der Waals surface area contributed by atoms with Gasteiger partial charge < -0.3 is 4.74 Å². The lowest BCUT2D eigenvalue weighted by molar-refractivity contribution is 0.188. The Hall–Kier alpha value is -1.02. The molecule has 0 amide bonds. The van der Waals surface area contributed by atoms with Gasteiger partial charge in [-0.3, -0.25) is 4.90 Å². The zero-order chi connectivity index (χ0) is 14.3. The minimum Gasteiger partial charge on any atom is -0.492 e. The fraction of sp³-hybridized carbons (Fsp3) is 0.667. The van der Waals surface area contributed by atoms with Crippen LogP contribution in [-0.2, 0) is 6.54 Å². The normalized spacial score (nSPS) is 19.9. The fourth-order valence-corrected chi connectivity index (χ4v) is 3.07. The molecule has 1 heterocycles. The Bertz CT molecular complexity index is 488. The van der Waals surface area contributed by atoms with Crippen LogP contribution in [0.2, 0.25) is 0 Å². The van der Waals surface area contributed by atoms with Crippen molar-refractivity contribution in [2.24, 2.45) is 0 Å². The highest BCUT2D eigenvalue weighted by Gasteiger charge is 2.30. The predicted molar refractivity (Wildman–Crippen MR) is 83.5 cm³/mol. The maximum absolute atomic E-state index is 6.15. The molecule has 0 unspecified atom stereocenters. The molecule has 2 nitrogen and oxygen atoms in total. The smallest absolute Gasteiger partial charge is 0.127 e. The van der Waals surface area contributed by atoms with Crippen molar-refractivity contribution >= 4 is 0 Å². The molecule has 0 radical (unpaired) electrons. The Kier molecular flexibility index (Phi) is 3.76. The molecule has 0 aromatic heterocycles. The van der Waals surface area contributed by atoms with Crippen LogP contribution in [0, 0.1) is 0 Å². The van der Waals surface area contributed by atoms with Crippen LogP contribution in [0.3, 0.4) is 0 Å². The van der Waals surface area contributed by atoms with E-state index in [-0.39, 0.29) is 0 Å². The van der Waals surface area contributed by atoms with Gasteiger partial charge in [0, 0.05) is 24.7 Å². The van der Waals surface area contributed by atoms with E-state index in [0.29, 0.717) is 12.0 Å². The van der Waals surface area contributed by atoms with Crippen LogP contribution in [0.5, 0.6) is 5.75 Å². The van der Waals surface area contributed by atoms with Gasteiger partial charge in [-0.1, -0.05) is 26.0 Å². The average molecular weight is 273 g/mol. The Morgan fingerprint density at radius 1 is 1.15 bits per heavy atom. The van der Waals surface area contributed by atoms with E-state index in [2.05, 4.69) is 44.7 Å². The van der Waals surface area contributed by atoms with Crippen LogP contribution in [0.1, 0.15) is 69.1 Å². The highest BCUT2D eigenvalue weighted by Crippen LogP contribution is 2.47. The summed E-state index contributed by atoms with van der Waals surface area (Å²) < 4.78 is 6.15. The summed E-state index contributed by atoms with van der Waals surface area (Å²) in [6.45, 7) is 12.0. The van der Waals surface area contributed by atoms with Crippen molar-refractivity contribution in [2.75, 3.05) is 13.2 Å². The molecule has 0 bridgehead atoms. The lowest BCUT2D eigenvalue weighted by Gasteiger charge is -2.24. The lowest BCUT2D eigenvalue weighted by Crippen LogP contribution is -2.32. The monoisotopic (exact) mass is 273 g/mol. The van der Waals surface area contributed by atoms with Crippen LogP contribution < -0.4 is 4.74 Å². The fourth-order valence-electron chi connectivity index (χ4n) is 3.07.